The molecule has 1 aliphatic rings. The van der Waals surface area contributed by atoms with Gasteiger partial charge >= 0.3 is 0 Å². The van der Waals surface area contributed by atoms with Crippen molar-refractivity contribution in [3.05, 3.63) is 35.6 Å². The molecule has 0 bridgehead atoms. The van der Waals surface area contributed by atoms with E-state index in [-0.39, 0.29) is 29.9 Å². The van der Waals surface area contributed by atoms with Crippen LogP contribution in [0.15, 0.2) is 35.5 Å². The fourth-order valence-electron chi connectivity index (χ4n) is 3.02. The quantitative estimate of drug-likeness (QED) is 0.804. The number of benzene rings is 1. The van der Waals surface area contributed by atoms with Gasteiger partial charge in [0, 0.05) is 42.3 Å². The van der Waals surface area contributed by atoms with Crippen molar-refractivity contribution >= 4 is 38.3 Å². The molecule has 0 radical (unpaired) electrons. The number of sulfonamides is 1. The molecule has 1 amide bonds. The SMILES string of the molecule is CNCC(=O)NC1CCN(S(=O)(=O)c2cccc3cncc(Cl)c23)C1. The summed E-state index contributed by atoms with van der Waals surface area (Å²) in [5.41, 5.74) is 0. The van der Waals surface area contributed by atoms with Gasteiger partial charge < -0.3 is 10.6 Å². The zero-order valence-electron chi connectivity index (χ0n) is 13.7. The standard InChI is InChI=1S/C16H19ClN4O3S/c1-18-9-15(22)20-12-5-6-21(10-12)25(23,24)14-4-2-3-11-7-19-8-13(17)16(11)14/h2-4,7-8,12,18H,5-6,9-10H2,1H3,(H,20,22). The van der Waals surface area contributed by atoms with E-state index in [2.05, 4.69) is 15.6 Å². The van der Waals surface area contributed by atoms with Crippen molar-refractivity contribution in [3.8, 4) is 0 Å². The molecule has 1 aliphatic heterocycles. The van der Waals surface area contributed by atoms with E-state index >= 15 is 0 Å². The molecule has 134 valence electrons. The van der Waals surface area contributed by atoms with Gasteiger partial charge in [-0.05, 0) is 19.5 Å². The molecule has 0 aliphatic carbocycles. The molecular weight excluding hydrogens is 364 g/mol. The van der Waals surface area contributed by atoms with Crippen LogP contribution in [0.25, 0.3) is 10.8 Å². The van der Waals surface area contributed by atoms with Gasteiger partial charge in [0.15, 0.2) is 0 Å². The summed E-state index contributed by atoms with van der Waals surface area (Å²) >= 11 is 6.20. The molecule has 1 fully saturated rings. The van der Waals surface area contributed by atoms with Crippen LogP contribution in [0.2, 0.25) is 5.02 Å². The summed E-state index contributed by atoms with van der Waals surface area (Å²) in [6.07, 6.45) is 3.60. The Balaban J connectivity index is 1.87. The molecule has 2 N–H and O–H groups in total. The molecule has 0 saturated carbocycles. The van der Waals surface area contributed by atoms with Crippen molar-refractivity contribution in [1.82, 2.24) is 19.9 Å². The zero-order valence-corrected chi connectivity index (χ0v) is 15.3. The smallest absolute Gasteiger partial charge is 0.243 e. The zero-order chi connectivity index (χ0) is 18.0. The Hall–Kier alpha value is -1.74. The second-order valence-corrected chi connectivity index (χ2v) is 8.24. The van der Waals surface area contributed by atoms with E-state index in [0.29, 0.717) is 28.8 Å². The van der Waals surface area contributed by atoms with Crippen molar-refractivity contribution in [2.24, 2.45) is 0 Å². The summed E-state index contributed by atoms with van der Waals surface area (Å²) in [7, 11) is -2.03. The van der Waals surface area contributed by atoms with E-state index in [1.165, 1.54) is 10.5 Å². The monoisotopic (exact) mass is 382 g/mol. The third kappa shape index (κ3) is 3.62. The first-order valence-electron chi connectivity index (χ1n) is 7.90. The number of rotatable bonds is 5. The van der Waals surface area contributed by atoms with E-state index in [0.717, 1.165) is 0 Å². The number of nitrogens with zero attached hydrogens (tertiary/aromatic N) is 2. The van der Waals surface area contributed by atoms with Crippen LogP contribution in [0.3, 0.4) is 0 Å². The van der Waals surface area contributed by atoms with E-state index in [1.54, 1.807) is 31.4 Å². The van der Waals surface area contributed by atoms with Gasteiger partial charge in [-0.15, -0.1) is 0 Å². The predicted octanol–water partition coefficient (Wildman–Crippen LogP) is 0.987. The Kier molecular flexibility index (Phi) is 5.24. The fraction of sp³-hybridized carbons (Fsp3) is 0.375. The second-order valence-electron chi connectivity index (χ2n) is 5.92. The maximum absolute atomic E-state index is 13.1. The van der Waals surface area contributed by atoms with Crippen molar-refractivity contribution in [3.63, 3.8) is 0 Å². The maximum atomic E-state index is 13.1. The van der Waals surface area contributed by atoms with E-state index in [1.807, 2.05) is 0 Å². The molecule has 0 spiro atoms. The van der Waals surface area contributed by atoms with Crippen LogP contribution in [-0.4, -0.2) is 56.3 Å². The summed E-state index contributed by atoms with van der Waals surface area (Å²) in [6, 6.07) is 4.81. The molecule has 9 heteroatoms. The number of halogens is 1. The molecule has 1 unspecified atom stereocenters. The minimum Gasteiger partial charge on any atom is -0.351 e. The van der Waals surface area contributed by atoms with Crippen molar-refractivity contribution in [1.29, 1.82) is 0 Å². The summed E-state index contributed by atoms with van der Waals surface area (Å²) < 4.78 is 27.6. The van der Waals surface area contributed by atoms with Gasteiger partial charge in [-0.3, -0.25) is 9.78 Å². The summed E-state index contributed by atoms with van der Waals surface area (Å²) in [5, 5.41) is 7.06. The number of hydrogen-bond donors (Lipinski definition) is 2. The van der Waals surface area contributed by atoms with Crippen LogP contribution in [0.1, 0.15) is 6.42 Å². The molecule has 1 aromatic carbocycles. The molecule has 1 aromatic heterocycles. The highest BCUT2D eigenvalue weighted by atomic mass is 35.5. The number of fused-ring (bicyclic) bond motifs is 1. The lowest BCUT2D eigenvalue weighted by Gasteiger charge is -2.18. The van der Waals surface area contributed by atoms with Gasteiger partial charge in [-0.1, -0.05) is 23.7 Å². The average Bonchev–Trinajstić information content (AvgIpc) is 3.04. The molecule has 2 aromatic rings. The lowest BCUT2D eigenvalue weighted by atomic mass is 10.2. The minimum absolute atomic E-state index is 0.147. The lowest BCUT2D eigenvalue weighted by molar-refractivity contribution is -0.120. The number of aromatic nitrogens is 1. The molecular formula is C16H19ClN4O3S. The number of likely N-dealkylation sites (N-methyl/N-ethyl adjacent to an activating group) is 1. The third-order valence-electron chi connectivity index (χ3n) is 4.17. The van der Waals surface area contributed by atoms with Crippen LogP contribution in [0.4, 0.5) is 0 Å². The van der Waals surface area contributed by atoms with Crippen LogP contribution in [-0.2, 0) is 14.8 Å². The summed E-state index contributed by atoms with van der Waals surface area (Å²) in [5.74, 6) is -0.147. The third-order valence-corrected chi connectivity index (χ3v) is 6.36. The number of pyridine rings is 1. The second kappa shape index (κ2) is 7.25. The number of nitrogens with one attached hydrogen (secondary N) is 2. The molecule has 25 heavy (non-hydrogen) atoms. The van der Waals surface area contributed by atoms with Crippen molar-refractivity contribution in [2.45, 2.75) is 17.4 Å². The molecule has 3 rings (SSSR count). The largest absolute Gasteiger partial charge is 0.351 e. The molecule has 7 nitrogen and oxygen atoms in total. The van der Waals surface area contributed by atoms with E-state index in [9.17, 15) is 13.2 Å². The Morgan fingerprint density at radius 2 is 2.20 bits per heavy atom. The number of hydrogen-bond acceptors (Lipinski definition) is 5. The van der Waals surface area contributed by atoms with Gasteiger partial charge in [-0.2, -0.15) is 4.31 Å². The van der Waals surface area contributed by atoms with E-state index < -0.39 is 10.0 Å². The van der Waals surface area contributed by atoms with Gasteiger partial charge in [-0.25, -0.2) is 8.42 Å². The average molecular weight is 383 g/mol. The maximum Gasteiger partial charge on any atom is 0.243 e. The van der Waals surface area contributed by atoms with Gasteiger partial charge in [0.1, 0.15) is 0 Å². The van der Waals surface area contributed by atoms with Crippen molar-refractivity contribution < 1.29 is 13.2 Å². The molecule has 1 atom stereocenters. The van der Waals surface area contributed by atoms with Gasteiger partial charge in [0.25, 0.3) is 0 Å². The number of carbonyl (C=O) groups is 1. The first-order chi connectivity index (χ1) is 11.9. The van der Waals surface area contributed by atoms with Gasteiger partial charge in [0.05, 0.1) is 16.5 Å². The number of amides is 1. The van der Waals surface area contributed by atoms with Crippen LogP contribution >= 0.6 is 11.6 Å². The first-order valence-corrected chi connectivity index (χ1v) is 9.71. The Morgan fingerprint density at radius 3 is 2.96 bits per heavy atom. The normalized spacial score (nSPS) is 18.6. The summed E-state index contributed by atoms with van der Waals surface area (Å²) in [4.78, 5) is 15.8. The molecule has 2 heterocycles. The molecule has 1 saturated heterocycles. The lowest BCUT2D eigenvalue weighted by Crippen LogP contribution is -2.41. The Morgan fingerprint density at radius 1 is 1.40 bits per heavy atom. The highest BCUT2D eigenvalue weighted by Crippen LogP contribution is 2.31. The Bertz CT molecular complexity index is 898. The Labute approximate surface area is 151 Å². The topological polar surface area (TPSA) is 91.4 Å². The van der Waals surface area contributed by atoms with Gasteiger partial charge in [0.2, 0.25) is 15.9 Å². The fourth-order valence-corrected chi connectivity index (χ4v) is 5.08. The van der Waals surface area contributed by atoms with Crippen LogP contribution < -0.4 is 10.6 Å². The van der Waals surface area contributed by atoms with Crippen molar-refractivity contribution in [2.75, 3.05) is 26.7 Å². The highest BCUT2D eigenvalue weighted by Gasteiger charge is 2.34. The minimum atomic E-state index is -3.71. The highest BCUT2D eigenvalue weighted by molar-refractivity contribution is 7.89. The summed E-state index contributed by atoms with van der Waals surface area (Å²) in [6.45, 7) is 0.804. The predicted molar refractivity (Wildman–Crippen MR) is 96.0 cm³/mol. The van der Waals surface area contributed by atoms with Crippen LogP contribution in [0.5, 0.6) is 0 Å². The van der Waals surface area contributed by atoms with Crippen LogP contribution in [0, 0.1) is 0 Å². The van der Waals surface area contributed by atoms with E-state index in [4.69, 9.17) is 11.6 Å². The number of carbonyl (C=O) groups excluding carboxylic acids is 1. The first kappa shape index (κ1) is 18.1.